The Morgan fingerprint density at radius 3 is 2.45 bits per heavy atom. The van der Waals surface area contributed by atoms with Crippen molar-refractivity contribution in [3.63, 3.8) is 0 Å². The lowest BCUT2D eigenvalue weighted by molar-refractivity contribution is -0.0568. The summed E-state index contributed by atoms with van der Waals surface area (Å²) < 4.78 is 67.2. The van der Waals surface area contributed by atoms with Gasteiger partial charge in [0, 0.05) is 12.0 Å². The molecular formula is C12H11F3O4S. The predicted octanol–water partition coefficient (Wildman–Crippen LogP) is 2.90. The molecule has 8 heteroatoms. The molecular weight excluding hydrogens is 297 g/mol. The number of hydrogen-bond acceptors (Lipinski definition) is 4. The zero-order valence-electron chi connectivity index (χ0n) is 10.1. The average molecular weight is 308 g/mol. The highest BCUT2D eigenvalue weighted by Crippen LogP contribution is 2.31. The monoisotopic (exact) mass is 308 g/mol. The van der Waals surface area contributed by atoms with Gasteiger partial charge in [-0.1, -0.05) is 30.3 Å². The van der Waals surface area contributed by atoms with Crippen molar-refractivity contribution >= 4 is 10.1 Å². The second kappa shape index (κ2) is 5.35. The molecule has 0 N–H and O–H groups in total. The summed E-state index contributed by atoms with van der Waals surface area (Å²) in [6.07, 6.45) is 1.77. The van der Waals surface area contributed by atoms with E-state index in [9.17, 15) is 21.6 Å². The molecule has 110 valence electrons. The lowest BCUT2D eigenvalue weighted by Crippen LogP contribution is -2.26. The Balaban J connectivity index is 2.19. The minimum atomic E-state index is -5.70. The van der Waals surface area contributed by atoms with Crippen LogP contribution in [0.1, 0.15) is 17.9 Å². The van der Waals surface area contributed by atoms with Crippen molar-refractivity contribution in [2.24, 2.45) is 0 Å². The minimum Gasteiger partial charge on any atom is -0.465 e. The number of benzene rings is 1. The molecule has 0 fully saturated rings. The summed E-state index contributed by atoms with van der Waals surface area (Å²) in [6.45, 7) is 0.0821. The summed E-state index contributed by atoms with van der Waals surface area (Å²) in [4.78, 5) is 0. The van der Waals surface area contributed by atoms with Crippen LogP contribution in [0.2, 0.25) is 0 Å². The van der Waals surface area contributed by atoms with E-state index < -0.39 is 21.6 Å². The second-order valence-electron chi connectivity index (χ2n) is 4.12. The summed E-state index contributed by atoms with van der Waals surface area (Å²) in [6, 6.07) is 8.96. The van der Waals surface area contributed by atoms with Crippen molar-refractivity contribution in [1.29, 1.82) is 0 Å². The number of rotatable bonds is 3. The van der Waals surface area contributed by atoms with Gasteiger partial charge in [0.15, 0.2) is 0 Å². The van der Waals surface area contributed by atoms with Crippen LogP contribution in [0.15, 0.2) is 42.4 Å². The predicted molar refractivity (Wildman–Crippen MR) is 63.9 cm³/mol. The number of allylic oxidation sites excluding steroid dienone is 1. The van der Waals surface area contributed by atoms with Crippen molar-refractivity contribution in [1.82, 2.24) is 0 Å². The molecule has 0 saturated heterocycles. The van der Waals surface area contributed by atoms with E-state index in [4.69, 9.17) is 4.74 Å². The first-order valence-electron chi connectivity index (χ1n) is 5.70. The molecule has 0 radical (unpaired) electrons. The van der Waals surface area contributed by atoms with Gasteiger partial charge in [-0.3, -0.25) is 0 Å². The highest BCUT2D eigenvalue weighted by atomic mass is 32.2. The molecule has 2 rings (SSSR count). The molecule has 20 heavy (non-hydrogen) atoms. The average Bonchev–Trinajstić information content (AvgIpc) is 2.38. The molecule has 1 atom stereocenters. The van der Waals surface area contributed by atoms with Gasteiger partial charge < -0.3 is 8.92 Å². The highest BCUT2D eigenvalue weighted by Gasteiger charge is 2.49. The highest BCUT2D eigenvalue weighted by molar-refractivity contribution is 7.87. The van der Waals surface area contributed by atoms with Crippen LogP contribution < -0.4 is 0 Å². The van der Waals surface area contributed by atoms with Crippen molar-refractivity contribution in [2.75, 3.05) is 6.61 Å². The minimum absolute atomic E-state index is 0.0821. The molecule has 1 heterocycles. The Labute approximate surface area is 113 Å². The zero-order valence-corrected chi connectivity index (χ0v) is 10.9. The second-order valence-corrected chi connectivity index (χ2v) is 5.66. The molecule has 4 nitrogen and oxygen atoms in total. The van der Waals surface area contributed by atoms with Crippen molar-refractivity contribution in [3.8, 4) is 0 Å². The van der Waals surface area contributed by atoms with Gasteiger partial charge in [0.25, 0.3) is 5.95 Å². The quantitative estimate of drug-likeness (QED) is 0.636. The van der Waals surface area contributed by atoms with Crippen LogP contribution >= 0.6 is 0 Å². The van der Waals surface area contributed by atoms with Gasteiger partial charge in [-0.2, -0.15) is 21.6 Å². The topological polar surface area (TPSA) is 52.6 Å². The normalized spacial score (nSPS) is 19.9. The number of hydrogen-bond donors (Lipinski definition) is 0. The largest absolute Gasteiger partial charge is 0.534 e. The summed E-state index contributed by atoms with van der Waals surface area (Å²) in [7, 11) is -5.70. The number of ether oxygens (including phenoxy) is 1. The molecule has 0 bridgehead atoms. The van der Waals surface area contributed by atoms with Gasteiger partial charge in [-0.05, 0) is 12.0 Å². The molecule has 0 amide bonds. The van der Waals surface area contributed by atoms with Crippen LogP contribution in [0.3, 0.4) is 0 Å². The van der Waals surface area contributed by atoms with E-state index in [1.807, 2.05) is 0 Å². The van der Waals surface area contributed by atoms with Gasteiger partial charge in [0.05, 0.1) is 6.61 Å². The van der Waals surface area contributed by atoms with E-state index in [1.54, 1.807) is 30.3 Å². The van der Waals surface area contributed by atoms with Crippen molar-refractivity contribution in [2.45, 2.75) is 17.8 Å². The van der Waals surface area contributed by atoms with Crippen molar-refractivity contribution < 1.29 is 30.5 Å². The van der Waals surface area contributed by atoms with E-state index in [0.29, 0.717) is 6.42 Å². The maximum Gasteiger partial charge on any atom is 0.534 e. The van der Waals surface area contributed by atoms with Gasteiger partial charge in [0.1, 0.15) is 0 Å². The Kier molecular flexibility index (Phi) is 3.94. The van der Waals surface area contributed by atoms with Crippen LogP contribution in [0.4, 0.5) is 13.2 Å². The van der Waals surface area contributed by atoms with E-state index in [-0.39, 0.29) is 12.5 Å². The van der Waals surface area contributed by atoms with Gasteiger partial charge >= 0.3 is 15.6 Å². The molecule has 1 aliphatic heterocycles. The Morgan fingerprint density at radius 2 is 1.85 bits per heavy atom. The standard InChI is InChI=1S/C12H11F3O4S/c13-12(14,15)20(16,17)19-11-8-10(6-7-18-11)9-4-2-1-3-5-9/h1-5,8,10H,6-7H2. The summed E-state index contributed by atoms with van der Waals surface area (Å²) in [5.74, 6) is -0.884. The Bertz CT molecular complexity index is 593. The smallest absolute Gasteiger partial charge is 0.465 e. The van der Waals surface area contributed by atoms with E-state index in [0.717, 1.165) is 5.56 Å². The SMILES string of the molecule is O=S(=O)(OC1=CC(c2ccccc2)CCO1)C(F)(F)F. The van der Waals surface area contributed by atoms with Crippen molar-refractivity contribution in [3.05, 3.63) is 47.9 Å². The molecule has 1 unspecified atom stereocenters. The van der Waals surface area contributed by atoms with Crippen LogP contribution in [0.5, 0.6) is 0 Å². The Hall–Kier alpha value is -1.70. The first kappa shape index (κ1) is 14.7. The fourth-order valence-corrected chi connectivity index (χ4v) is 2.17. The molecule has 0 aliphatic carbocycles. The fourth-order valence-electron chi connectivity index (χ4n) is 1.75. The maximum absolute atomic E-state index is 12.2. The van der Waals surface area contributed by atoms with E-state index >= 15 is 0 Å². The third kappa shape index (κ3) is 3.24. The fraction of sp³-hybridized carbons (Fsp3) is 0.333. The van der Waals surface area contributed by atoms with Gasteiger partial charge in [-0.25, -0.2) is 0 Å². The summed E-state index contributed by atoms with van der Waals surface area (Å²) in [5, 5.41) is 0. The van der Waals surface area contributed by atoms with Crippen LogP contribution in [0, 0.1) is 0 Å². The molecule has 0 aromatic heterocycles. The summed E-state index contributed by atoms with van der Waals surface area (Å²) >= 11 is 0. The number of halogens is 3. The number of alkyl halides is 3. The zero-order chi connectivity index (χ0) is 14.8. The Morgan fingerprint density at radius 1 is 1.20 bits per heavy atom. The molecule has 1 aliphatic rings. The van der Waals surface area contributed by atoms with Gasteiger partial charge in [0.2, 0.25) is 0 Å². The van der Waals surface area contributed by atoms with E-state index in [1.165, 1.54) is 6.08 Å². The lowest BCUT2D eigenvalue weighted by atomic mass is 9.95. The molecule has 0 spiro atoms. The molecule has 1 aromatic rings. The molecule has 0 saturated carbocycles. The van der Waals surface area contributed by atoms with Crippen LogP contribution in [-0.4, -0.2) is 20.5 Å². The van der Waals surface area contributed by atoms with Gasteiger partial charge in [-0.15, -0.1) is 0 Å². The maximum atomic E-state index is 12.2. The third-order valence-electron chi connectivity index (χ3n) is 2.71. The van der Waals surface area contributed by atoms with Crippen LogP contribution in [0.25, 0.3) is 0 Å². The van der Waals surface area contributed by atoms with E-state index in [2.05, 4.69) is 4.18 Å². The third-order valence-corrected chi connectivity index (χ3v) is 3.66. The summed E-state index contributed by atoms with van der Waals surface area (Å²) in [5.41, 5.74) is -4.63. The van der Waals surface area contributed by atoms with Crippen LogP contribution in [-0.2, 0) is 19.0 Å². The lowest BCUT2D eigenvalue weighted by Gasteiger charge is -2.22. The first-order valence-corrected chi connectivity index (χ1v) is 7.11. The first-order chi connectivity index (χ1) is 9.29. The molecule has 1 aromatic carbocycles.